The molecule has 4 heteroatoms. The van der Waals surface area contributed by atoms with Gasteiger partial charge in [0.2, 0.25) is 0 Å². The van der Waals surface area contributed by atoms with Crippen LogP contribution in [0.15, 0.2) is 4.47 Å². The standard InChI is InChI=1S/C16H27BrN2O/c1-4-13-15(17)14(19(5-2)18-13)11-16(20)9-6-7-12(3)8-10-16/h12,20H,4-11H2,1-3H3. The molecule has 20 heavy (non-hydrogen) atoms. The van der Waals surface area contributed by atoms with Crippen molar-refractivity contribution in [3.8, 4) is 0 Å². The number of nitrogens with zero attached hydrogens (tertiary/aromatic N) is 2. The first-order valence-corrected chi connectivity index (χ1v) is 8.74. The minimum Gasteiger partial charge on any atom is -0.389 e. The topological polar surface area (TPSA) is 38.0 Å². The summed E-state index contributed by atoms with van der Waals surface area (Å²) in [6.45, 7) is 7.40. The fourth-order valence-corrected chi connectivity index (χ4v) is 3.94. The van der Waals surface area contributed by atoms with Crippen molar-refractivity contribution >= 4 is 15.9 Å². The van der Waals surface area contributed by atoms with Crippen LogP contribution in [0.4, 0.5) is 0 Å². The maximum absolute atomic E-state index is 11.0. The van der Waals surface area contributed by atoms with Crippen molar-refractivity contribution < 1.29 is 5.11 Å². The van der Waals surface area contributed by atoms with E-state index in [1.165, 1.54) is 12.1 Å². The minimum absolute atomic E-state index is 0.550. The second-order valence-electron chi connectivity index (χ2n) is 6.31. The second kappa shape index (κ2) is 6.61. The second-order valence-corrected chi connectivity index (χ2v) is 7.11. The average molecular weight is 343 g/mol. The number of rotatable bonds is 4. The Labute approximate surface area is 130 Å². The van der Waals surface area contributed by atoms with E-state index in [1.54, 1.807) is 0 Å². The van der Waals surface area contributed by atoms with E-state index in [4.69, 9.17) is 0 Å². The van der Waals surface area contributed by atoms with E-state index in [-0.39, 0.29) is 0 Å². The summed E-state index contributed by atoms with van der Waals surface area (Å²) in [4.78, 5) is 0. The first-order valence-electron chi connectivity index (χ1n) is 7.95. The highest BCUT2D eigenvalue weighted by Crippen LogP contribution is 2.35. The van der Waals surface area contributed by atoms with Gasteiger partial charge in [-0.25, -0.2) is 0 Å². The van der Waals surface area contributed by atoms with E-state index in [1.807, 2.05) is 0 Å². The van der Waals surface area contributed by atoms with Crippen LogP contribution in [0, 0.1) is 5.92 Å². The van der Waals surface area contributed by atoms with Crippen LogP contribution >= 0.6 is 15.9 Å². The number of aliphatic hydroxyl groups is 1. The SMILES string of the molecule is CCc1nn(CC)c(CC2(O)CCCC(C)CC2)c1Br. The van der Waals surface area contributed by atoms with E-state index < -0.39 is 5.60 Å². The van der Waals surface area contributed by atoms with Gasteiger partial charge in [0.25, 0.3) is 0 Å². The van der Waals surface area contributed by atoms with Gasteiger partial charge in [-0.3, -0.25) is 4.68 Å². The Morgan fingerprint density at radius 3 is 2.75 bits per heavy atom. The lowest BCUT2D eigenvalue weighted by atomic mass is 9.89. The van der Waals surface area contributed by atoms with Crippen LogP contribution in [0.25, 0.3) is 0 Å². The Hall–Kier alpha value is -0.350. The van der Waals surface area contributed by atoms with Gasteiger partial charge in [-0.15, -0.1) is 0 Å². The minimum atomic E-state index is -0.550. The summed E-state index contributed by atoms with van der Waals surface area (Å²) < 4.78 is 3.16. The molecule has 3 nitrogen and oxygen atoms in total. The first-order chi connectivity index (χ1) is 9.49. The molecule has 1 heterocycles. The lowest BCUT2D eigenvalue weighted by Crippen LogP contribution is -2.32. The zero-order valence-corrected chi connectivity index (χ0v) is 14.5. The molecule has 0 aliphatic heterocycles. The molecular formula is C16H27BrN2O. The summed E-state index contributed by atoms with van der Waals surface area (Å²) >= 11 is 3.69. The number of aromatic nitrogens is 2. The normalized spacial score (nSPS) is 27.6. The number of hydrogen-bond acceptors (Lipinski definition) is 2. The predicted molar refractivity (Wildman–Crippen MR) is 85.9 cm³/mol. The fourth-order valence-electron chi connectivity index (χ4n) is 3.24. The van der Waals surface area contributed by atoms with Crippen LogP contribution in [0.2, 0.25) is 0 Å². The van der Waals surface area contributed by atoms with Gasteiger partial charge >= 0.3 is 0 Å². The molecule has 1 aliphatic rings. The molecule has 2 unspecified atom stereocenters. The highest BCUT2D eigenvalue weighted by molar-refractivity contribution is 9.10. The summed E-state index contributed by atoms with van der Waals surface area (Å²) in [5, 5.41) is 15.6. The van der Waals surface area contributed by atoms with Gasteiger partial charge in [0.15, 0.2) is 0 Å². The van der Waals surface area contributed by atoms with Gasteiger partial charge in [-0.05, 0) is 54.5 Å². The van der Waals surface area contributed by atoms with Crippen molar-refractivity contribution in [3.05, 3.63) is 15.9 Å². The van der Waals surface area contributed by atoms with E-state index in [0.717, 1.165) is 61.2 Å². The highest BCUT2D eigenvalue weighted by atomic mass is 79.9. The molecule has 0 saturated heterocycles. The van der Waals surface area contributed by atoms with Gasteiger partial charge in [-0.2, -0.15) is 5.10 Å². The van der Waals surface area contributed by atoms with Gasteiger partial charge < -0.3 is 5.11 Å². The quantitative estimate of drug-likeness (QED) is 0.836. The lowest BCUT2D eigenvalue weighted by Gasteiger charge is -2.27. The van der Waals surface area contributed by atoms with Crippen molar-refractivity contribution in [1.82, 2.24) is 9.78 Å². The van der Waals surface area contributed by atoms with Gasteiger partial charge in [0, 0.05) is 13.0 Å². The predicted octanol–water partition coefficient (Wildman–Crippen LogP) is 4.10. The van der Waals surface area contributed by atoms with Crippen LogP contribution in [0.3, 0.4) is 0 Å². The van der Waals surface area contributed by atoms with Crippen LogP contribution < -0.4 is 0 Å². The van der Waals surface area contributed by atoms with E-state index in [9.17, 15) is 5.11 Å². The van der Waals surface area contributed by atoms with E-state index in [0.29, 0.717) is 0 Å². The molecule has 2 atom stereocenters. The number of halogens is 1. The van der Waals surface area contributed by atoms with E-state index >= 15 is 0 Å². The zero-order chi connectivity index (χ0) is 14.8. The van der Waals surface area contributed by atoms with Crippen molar-refractivity contribution in [2.75, 3.05) is 0 Å². The molecule has 1 N–H and O–H groups in total. The largest absolute Gasteiger partial charge is 0.389 e. The molecule has 0 bridgehead atoms. The molecule has 2 rings (SSSR count). The molecule has 0 spiro atoms. The third kappa shape index (κ3) is 3.45. The Bertz CT molecular complexity index is 458. The lowest BCUT2D eigenvalue weighted by molar-refractivity contribution is 0.0223. The first kappa shape index (κ1) is 16.0. The van der Waals surface area contributed by atoms with Crippen molar-refractivity contribution in [3.63, 3.8) is 0 Å². The summed E-state index contributed by atoms with van der Waals surface area (Å²) in [7, 11) is 0. The van der Waals surface area contributed by atoms with Crippen molar-refractivity contribution in [1.29, 1.82) is 0 Å². The average Bonchev–Trinajstić information content (AvgIpc) is 2.61. The monoisotopic (exact) mass is 342 g/mol. The molecule has 1 saturated carbocycles. The summed E-state index contributed by atoms with van der Waals surface area (Å²) in [6.07, 6.45) is 7.00. The molecule has 1 aromatic rings. The van der Waals surface area contributed by atoms with Crippen LogP contribution in [0.1, 0.15) is 64.3 Å². The Kier molecular flexibility index (Phi) is 5.30. The molecule has 0 radical (unpaired) electrons. The van der Waals surface area contributed by atoms with Crippen LogP contribution in [-0.2, 0) is 19.4 Å². The molecule has 1 aliphatic carbocycles. The Balaban J connectivity index is 2.21. The molecule has 0 aromatic carbocycles. The maximum atomic E-state index is 11.0. The summed E-state index contributed by atoms with van der Waals surface area (Å²) in [5.74, 6) is 0.745. The summed E-state index contributed by atoms with van der Waals surface area (Å²) in [5.41, 5.74) is 1.72. The van der Waals surface area contributed by atoms with Crippen LogP contribution in [-0.4, -0.2) is 20.5 Å². The third-order valence-corrected chi connectivity index (χ3v) is 5.55. The molecule has 0 amide bonds. The smallest absolute Gasteiger partial charge is 0.0766 e. The molecule has 1 fully saturated rings. The van der Waals surface area contributed by atoms with Crippen molar-refractivity contribution in [2.45, 2.75) is 77.9 Å². The summed E-state index contributed by atoms with van der Waals surface area (Å²) in [6, 6.07) is 0. The van der Waals surface area contributed by atoms with E-state index in [2.05, 4.69) is 46.5 Å². The van der Waals surface area contributed by atoms with Crippen LogP contribution in [0.5, 0.6) is 0 Å². The Morgan fingerprint density at radius 2 is 2.10 bits per heavy atom. The Morgan fingerprint density at radius 1 is 1.35 bits per heavy atom. The third-order valence-electron chi connectivity index (χ3n) is 4.63. The number of aryl methyl sites for hydroxylation is 2. The molecule has 1 aromatic heterocycles. The fraction of sp³-hybridized carbons (Fsp3) is 0.812. The van der Waals surface area contributed by atoms with Gasteiger partial charge in [0.05, 0.1) is 21.5 Å². The molecule has 114 valence electrons. The van der Waals surface area contributed by atoms with Gasteiger partial charge in [-0.1, -0.05) is 26.7 Å². The maximum Gasteiger partial charge on any atom is 0.0766 e. The highest BCUT2D eigenvalue weighted by Gasteiger charge is 2.32. The molecular weight excluding hydrogens is 316 g/mol. The number of hydrogen-bond donors (Lipinski definition) is 1. The van der Waals surface area contributed by atoms with Gasteiger partial charge in [0.1, 0.15) is 0 Å². The van der Waals surface area contributed by atoms with Crippen molar-refractivity contribution in [2.24, 2.45) is 5.92 Å². The zero-order valence-electron chi connectivity index (χ0n) is 13.0.